The molecule has 2 aromatic carbocycles. The molecule has 3 rings (SSSR count). The summed E-state index contributed by atoms with van der Waals surface area (Å²) in [6.07, 6.45) is 0. The van der Waals surface area contributed by atoms with Crippen LogP contribution in [0, 0.1) is 0 Å². The zero-order valence-corrected chi connectivity index (χ0v) is 15.2. The Hall–Kier alpha value is -3.25. The van der Waals surface area contributed by atoms with Crippen LogP contribution in [0.15, 0.2) is 65.1 Å². The summed E-state index contributed by atoms with van der Waals surface area (Å²) in [5, 5.41) is 0.516. The first-order chi connectivity index (χ1) is 13.1. The van der Waals surface area contributed by atoms with Crippen molar-refractivity contribution < 1.29 is 18.7 Å². The van der Waals surface area contributed by atoms with Gasteiger partial charge >= 0.3 is 5.91 Å². The molecule has 27 heavy (non-hydrogen) atoms. The first-order valence-electron chi connectivity index (χ1n) is 8.26. The lowest BCUT2D eigenvalue weighted by molar-refractivity contribution is 0.0831. The number of ether oxygens (including phenoxy) is 1. The number of rotatable bonds is 5. The molecule has 1 heterocycles. The van der Waals surface area contributed by atoms with Gasteiger partial charge in [-0.2, -0.15) is 0 Å². The van der Waals surface area contributed by atoms with Gasteiger partial charge in [-0.3, -0.25) is 20.4 Å². The van der Waals surface area contributed by atoms with E-state index < -0.39 is 11.8 Å². The van der Waals surface area contributed by atoms with Crippen LogP contribution in [0.3, 0.4) is 0 Å². The van der Waals surface area contributed by atoms with Gasteiger partial charge in [0.25, 0.3) is 5.91 Å². The van der Waals surface area contributed by atoms with Crippen LogP contribution in [0.2, 0.25) is 5.02 Å². The quantitative estimate of drug-likeness (QED) is 0.650. The number of nitrogens with one attached hydrogen (secondary N) is 2. The van der Waals surface area contributed by atoms with Crippen LogP contribution in [0.5, 0.6) is 5.75 Å². The van der Waals surface area contributed by atoms with E-state index in [1.54, 1.807) is 48.5 Å². The van der Waals surface area contributed by atoms with Gasteiger partial charge in [0.2, 0.25) is 0 Å². The average molecular weight is 385 g/mol. The highest BCUT2D eigenvalue weighted by atomic mass is 35.5. The Bertz CT molecular complexity index is 951. The van der Waals surface area contributed by atoms with Crippen LogP contribution >= 0.6 is 11.6 Å². The largest absolute Gasteiger partial charge is 0.494 e. The van der Waals surface area contributed by atoms with Gasteiger partial charge in [-0.15, -0.1) is 0 Å². The first kappa shape index (κ1) is 18.5. The molecule has 2 N–H and O–H groups in total. The minimum atomic E-state index is -0.576. The van der Waals surface area contributed by atoms with E-state index in [-0.39, 0.29) is 5.76 Å². The minimum Gasteiger partial charge on any atom is -0.494 e. The third kappa shape index (κ3) is 4.48. The van der Waals surface area contributed by atoms with Crippen LogP contribution in [0.1, 0.15) is 27.8 Å². The highest BCUT2D eigenvalue weighted by Crippen LogP contribution is 2.28. The molecule has 0 unspecified atom stereocenters. The number of furan rings is 1. The second-order valence-electron chi connectivity index (χ2n) is 5.51. The molecule has 138 valence electrons. The topological polar surface area (TPSA) is 80.6 Å². The van der Waals surface area contributed by atoms with Crippen molar-refractivity contribution in [1.29, 1.82) is 0 Å². The fourth-order valence-electron chi connectivity index (χ4n) is 2.38. The highest BCUT2D eigenvalue weighted by molar-refractivity contribution is 6.33. The fourth-order valence-corrected chi connectivity index (χ4v) is 2.61. The summed E-state index contributed by atoms with van der Waals surface area (Å²) in [5.74, 6) is 0.151. The molecular formula is C20H17ClN2O4. The number of hydrogen-bond acceptors (Lipinski definition) is 4. The van der Waals surface area contributed by atoms with Crippen LogP contribution in [-0.4, -0.2) is 18.4 Å². The third-order valence-electron chi connectivity index (χ3n) is 3.69. The number of hydrazine groups is 1. The van der Waals surface area contributed by atoms with Crippen LogP contribution < -0.4 is 15.6 Å². The molecule has 0 bridgehead atoms. The van der Waals surface area contributed by atoms with Crippen LogP contribution in [0.25, 0.3) is 11.3 Å². The summed E-state index contributed by atoms with van der Waals surface area (Å²) < 4.78 is 10.8. The second kappa shape index (κ2) is 8.42. The van der Waals surface area contributed by atoms with Gasteiger partial charge in [0, 0.05) is 11.1 Å². The van der Waals surface area contributed by atoms with E-state index in [9.17, 15) is 9.59 Å². The van der Waals surface area contributed by atoms with Crippen molar-refractivity contribution >= 4 is 23.4 Å². The molecule has 3 aromatic rings. The maximum Gasteiger partial charge on any atom is 0.305 e. The SMILES string of the molecule is CCOc1ccc(C(=O)NNC(=O)c2ccc(-c3ccccc3Cl)o2)cc1. The van der Waals surface area contributed by atoms with Crippen LogP contribution in [-0.2, 0) is 0 Å². The Balaban J connectivity index is 1.61. The molecule has 1 aromatic heterocycles. The van der Waals surface area contributed by atoms with E-state index >= 15 is 0 Å². The van der Waals surface area contributed by atoms with Gasteiger partial charge in [-0.25, -0.2) is 0 Å². The van der Waals surface area contributed by atoms with Crippen molar-refractivity contribution in [3.05, 3.63) is 77.0 Å². The van der Waals surface area contributed by atoms with Gasteiger partial charge in [0.15, 0.2) is 5.76 Å². The zero-order valence-electron chi connectivity index (χ0n) is 14.5. The number of hydrogen-bond donors (Lipinski definition) is 2. The lowest BCUT2D eigenvalue weighted by atomic mass is 10.2. The van der Waals surface area contributed by atoms with E-state index in [1.807, 2.05) is 13.0 Å². The summed E-state index contributed by atoms with van der Waals surface area (Å²) in [4.78, 5) is 24.3. The summed E-state index contributed by atoms with van der Waals surface area (Å²) >= 11 is 6.12. The van der Waals surface area contributed by atoms with E-state index in [2.05, 4.69) is 10.9 Å². The Morgan fingerprint density at radius 2 is 1.67 bits per heavy atom. The normalized spacial score (nSPS) is 10.3. The van der Waals surface area contributed by atoms with Gasteiger partial charge in [-0.1, -0.05) is 23.7 Å². The molecule has 0 aliphatic carbocycles. The Kier molecular flexibility index (Phi) is 5.78. The predicted octanol–water partition coefficient (Wildman–Crippen LogP) is 4.07. The lowest BCUT2D eigenvalue weighted by Gasteiger charge is -2.07. The van der Waals surface area contributed by atoms with Gasteiger partial charge in [0.05, 0.1) is 11.6 Å². The molecular weight excluding hydrogens is 368 g/mol. The monoisotopic (exact) mass is 384 g/mol. The van der Waals surface area contributed by atoms with Crippen molar-refractivity contribution in [2.75, 3.05) is 6.61 Å². The molecule has 0 fully saturated rings. The lowest BCUT2D eigenvalue weighted by Crippen LogP contribution is -2.41. The zero-order chi connectivity index (χ0) is 19.2. The molecule has 0 aliphatic rings. The molecule has 0 atom stereocenters. The highest BCUT2D eigenvalue weighted by Gasteiger charge is 2.15. The smallest absolute Gasteiger partial charge is 0.305 e. The van der Waals surface area contributed by atoms with E-state index in [0.29, 0.717) is 34.3 Å². The van der Waals surface area contributed by atoms with Crippen molar-refractivity contribution in [2.24, 2.45) is 0 Å². The summed E-state index contributed by atoms with van der Waals surface area (Å²) in [7, 11) is 0. The standard InChI is InChI=1S/C20H17ClN2O4/c1-2-26-14-9-7-13(8-10-14)19(24)22-23-20(25)18-12-11-17(27-18)15-5-3-4-6-16(15)21/h3-12H,2H2,1H3,(H,22,24)(H,23,25). The maximum absolute atomic E-state index is 12.2. The van der Waals surface area contributed by atoms with Crippen molar-refractivity contribution in [1.82, 2.24) is 10.9 Å². The second-order valence-corrected chi connectivity index (χ2v) is 5.92. The molecule has 7 heteroatoms. The number of halogens is 1. The molecule has 6 nitrogen and oxygen atoms in total. The van der Waals surface area contributed by atoms with E-state index in [1.165, 1.54) is 6.07 Å². The van der Waals surface area contributed by atoms with Gasteiger partial charge < -0.3 is 9.15 Å². The fraction of sp³-hybridized carbons (Fsp3) is 0.100. The van der Waals surface area contributed by atoms with E-state index in [0.717, 1.165) is 0 Å². The molecule has 0 saturated carbocycles. The molecule has 0 saturated heterocycles. The predicted molar refractivity (Wildman–Crippen MR) is 102 cm³/mol. The third-order valence-corrected chi connectivity index (χ3v) is 4.02. The number of carbonyl (C=O) groups excluding carboxylic acids is 2. The summed E-state index contributed by atoms with van der Waals surface area (Å²) in [5.41, 5.74) is 5.73. The number of benzene rings is 2. The van der Waals surface area contributed by atoms with Crippen LogP contribution in [0.4, 0.5) is 0 Å². The molecule has 2 amide bonds. The Morgan fingerprint density at radius 1 is 0.963 bits per heavy atom. The van der Waals surface area contributed by atoms with Crippen molar-refractivity contribution in [3.8, 4) is 17.1 Å². The molecule has 0 radical (unpaired) electrons. The first-order valence-corrected chi connectivity index (χ1v) is 8.64. The molecule has 0 aliphatic heterocycles. The number of amides is 2. The van der Waals surface area contributed by atoms with Gasteiger partial charge in [-0.05, 0) is 55.5 Å². The van der Waals surface area contributed by atoms with Crippen molar-refractivity contribution in [2.45, 2.75) is 6.92 Å². The summed E-state index contributed by atoms with van der Waals surface area (Å²) in [6.45, 7) is 2.42. The summed E-state index contributed by atoms with van der Waals surface area (Å²) in [6, 6.07) is 16.9. The minimum absolute atomic E-state index is 0.0527. The average Bonchev–Trinajstić information content (AvgIpc) is 3.17. The maximum atomic E-state index is 12.2. The molecule has 0 spiro atoms. The van der Waals surface area contributed by atoms with E-state index in [4.69, 9.17) is 20.8 Å². The van der Waals surface area contributed by atoms with Gasteiger partial charge in [0.1, 0.15) is 11.5 Å². The van der Waals surface area contributed by atoms with Crippen molar-refractivity contribution in [3.63, 3.8) is 0 Å². The Labute approximate surface area is 161 Å². The Morgan fingerprint density at radius 3 is 2.37 bits per heavy atom. The number of carbonyl (C=O) groups is 2.